The Balaban J connectivity index is 1.80. The minimum Gasteiger partial charge on any atom is -0.479 e. The van der Waals surface area contributed by atoms with Gasteiger partial charge in [0.2, 0.25) is 10.0 Å². The first-order chi connectivity index (χ1) is 10.8. The summed E-state index contributed by atoms with van der Waals surface area (Å²) in [5, 5.41) is 5.35. The largest absolute Gasteiger partial charge is 0.479 e. The molecular weight excluding hydrogens is 338 g/mol. The number of anilines is 1. The lowest BCUT2D eigenvalue weighted by molar-refractivity contribution is -0.122. The fourth-order valence-electron chi connectivity index (χ4n) is 2.09. The maximum atomic E-state index is 12.4. The van der Waals surface area contributed by atoms with E-state index in [1.54, 1.807) is 6.92 Å². The molecule has 3 rings (SSSR count). The summed E-state index contributed by atoms with van der Waals surface area (Å²) in [6.45, 7) is 3.58. The number of carbonyl (C=O) groups excluding carboxylic acids is 1. The van der Waals surface area contributed by atoms with Gasteiger partial charge < -0.3 is 10.1 Å². The lowest BCUT2D eigenvalue weighted by Crippen LogP contribution is -2.34. The molecule has 122 valence electrons. The number of nitrogens with one attached hydrogen (secondary N) is 2. The first kappa shape index (κ1) is 15.9. The van der Waals surface area contributed by atoms with E-state index in [2.05, 4.69) is 15.0 Å². The van der Waals surface area contributed by atoms with Crippen molar-refractivity contribution < 1.29 is 17.9 Å². The van der Waals surface area contributed by atoms with Gasteiger partial charge in [-0.25, -0.2) is 18.1 Å². The third kappa shape index (κ3) is 3.36. The Morgan fingerprint density at radius 2 is 2.22 bits per heavy atom. The molecular formula is C14H15N3O4S2. The van der Waals surface area contributed by atoms with Crippen LogP contribution < -0.4 is 14.8 Å². The Bertz CT molecular complexity index is 861. The minimum atomic E-state index is -3.69. The number of hydrogen-bond donors (Lipinski definition) is 2. The second kappa shape index (κ2) is 5.91. The average Bonchev–Trinajstić information content (AvgIpc) is 2.92. The summed E-state index contributed by atoms with van der Waals surface area (Å²) in [4.78, 5) is 15.8. The van der Waals surface area contributed by atoms with Crippen LogP contribution in [0.3, 0.4) is 0 Å². The molecule has 0 saturated carbocycles. The number of aromatic nitrogens is 1. The van der Waals surface area contributed by atoms with Crippen LogP contribution in [-0.4, -0.2) is 25.4 Å². The summed E-state index contributed by atoms with van der Waals surface area (Å²) in [5.41, 5.74) is 1.13. The summed E-state index contributed by atoms with van der Waals surface area (Å²) >= 11 is 1.46. The highest BCUT2D eigenvalue weighted by Crippen LogP contribution is 2.31. The predicted octanol–water partition coefficient (Wildman–Crippen LogP) is 1.65. The number of nitrogens with zero attached hydrogens (tertiary/aromatic N) is 1. The number of aryl methyl sites for hydroxylation is 1. The standard InChI is InChI=1S/C14H15N3O4S2/c1-8-14(18)17-12-4-3-11(5-13(12)21-8)23(19,20)15-6-10-7-22-9(2)16-10/h3-5,7-8,15H,6H2,1-2H3,(H,17,18). The predicted molar refractivity (Wildman–Crippen MR) is 86.0 cm³/mol. The zero-order valence-corrected chi connectivity index (χ0v) is 14.1. The zero-order valence-electron chi connectivity index (χ0n) is 12.5. The third-order valence-electron chi connectivity index (χ3n) is 3.30. The van der Waals surface area contributed by atoms with E-state index in [-0.39, 0.29) is 17.3 Å². The molecule has 1 amide bonds. The van der Waals surface area contributed by atoms with Crippen LogP contribution in [0.15, 0.2) is 28.5 Å². The number of carbonyl (C=O) groups is 1. The Hall–Kier alpha value is -1.97. The maximum Gasteiger partial charge on any atom is 0.265 e. The first-order valence-electron chi connectivity index (χ1n) is 6.87. The summed E-state index contributed by atoms with van der Waals surface area (Å²) in [5.74, 6) is 0.0783. The van der Waals surface area contributed by atoms with Gasteiger partial charge in [-0.05, 0) is 26.0 Å². The molecule has 0 spiro atoms. The van der Waals surface area contributed by atoms with E-state index in [4.69, 9.17) is 4.74 Å². The van der Waals surface area contributed by atoms with Crippen molar-refractivity contribution in [2.75, 3.05) is 5.32 Å². The van der Waals surface area contributed by atoms with Gasteiger partial charge >= 0.3 is 0 Å². The van der Waals surface area contributed by atoms with Crippen molar-refractivity contribution in [3.63, 3.8) is 0 Å². The number of sulfonamides is 1. The number of ether oxygens (including phenoxy) is 1. The Kier molecular flexibility index (Phi) is 4.09. The van der Waals surface area contributed by atoms with Gasteiger partial charge in [0, 0.05) is 11.4 Å². The second-order valence-electron chi connectivity index (χ2n) is 5.09. The molecule has 1 aromatic heterocycles. The van der Waals surface area contributed by atoms with Crippen LogP contribution >= 0.6 is 11.3 Å². The Labute approximate surface area is 137 Å². The first-order valence-corrected chi connectivity index (χ1v) is 9.24. The van der Waals surface area contributed by atoms with Gasteiger partial charge in [-0.2, -0.15) is 0 Å². The second-order valence-corrected chi connectivity index (χ2v) is 7.92. The molecule has 7 nitrogen and oxygen atoms in total. The highest BCUT2D eigenvalue weighted by Gasteiger charge is 2.25. The fraction of sp³-hybridized carbons (Fsp3) is 0.286. The van der Waals surface area contributed by atoms with Crippen molar-refractivity contribution in [1.29, 1.82) is 0 Å². The van der Waals surface area contributed by atoms with Gasteiger partial charge in [-0.3, -0.25) is 4.79 Å². The fourth-order valence-corrected chi connectivity index (χ4v) is 3.72. The van der Waals surface area contributed by atoms with E-state index < -0.39 is 16.1 Å². The van der Waals surface area contributed by atoms with Crippen LogP contribution in [0.4, 0.5) is 5.69 Å². The topological polar surface area (TPSA) is 97.4 Å². The van der Waals surface area contributed by atoms with E-state index in [0.717, 1.165) is 5.01 Å². The maximum absolute atomic E-state index is 12.4. The molecule has 0 aliphatic carbocycles. The number of amides is 1. The molecule has 1 unspecified atom stereocenters. The van der Waals surface area contributed by atoms with Crippen LogP contribution in [0.25, 0.3) is 0 Å². The van der Waals surface area contributed by atoms with Crippen LogP contribution in [0.2, 0.25) is 0 Å². The summed E-state index contributed by atoms with van der Waals surface area (Å²) in [6.07, 6.45) is -0.661. The smallest absolute Gasteiger partial charge is 0.265 e. The van der Waals surface area contributed by atoms with Crippen LogP contribution in [0.1, 0.15) is 17.6 Å². The normalized spacial score (nSPS) is 17.3. The van der Waals surface area contributed by atoms with Crippen molar-refractivity contribution >= 4 is 33.0 Å². The SMILES string of the molecule is Cc1nc(CNS(=O)(=O)c2ccc3c(c2)OC(C)C(=O)N3)cs1. The molecule has 2 aromatic rings. The molecule has 1 aromatic carbocycles. The Morgan fingerprint density at radius 3 is 2.91 bits per heavy atom. The molecule has 0 radical (unpaired) electrons. The highest BCUT2D eigenvalue weighted by molar-refractivity contribution is 7.89. The quantitative estimate of drug-likeness (QED) is 0.871. The monoisotopic (exact) mass is 353 g/mol. The van der Waals surface area contributed by atoms with Crippen LogP contribution in [0.5, 0.6) is 5.75 Å². The van der Waals surface area contributed by atoms with Crippen molar-refractivity contribution in [3.05, 3.63) is 34.3 Å². The Morgan fingerprint density at radius 1 is 1.43 bits per heavy atom. The van der Waals surface area contributed by atoms with Gasteiger partial charge in [-0.1, -0.05) is 0 Å². The lowest BCUT2D eigenvalue weighted by Gasteiger charge is -2.23. The molecule has 23 heavy (non-hydrogen) atoms. The third-order valence-corrected chi connectivity index (χ3v) is 5.53. The van der Waals surface area contributed by atoms with E-state index in [0.29, 0.717) is 17.1 Å². The van der Waals surface area contributed by atoms with Crippen LogP contribution in [-0.2, 0) is 21.4 Å². The highest BCUT2D eigenvalue weighted by atomic mass is 32.2. The van der Waals surface area contributed by atoms with Gasteiger partial charge in [0.15, 0.2) is 6.10 Å². The molecule has 0 fully saturated rings. The molecule has 2 heterocycles. The number of hydrogen-bond acceptors (Lipinski definition) is 6. The summed E-state index contributed by atoms with van der Waals surface area (Å²) < 4.78 is 32.7. The summed E-state index contributed by atoms with van der Waals surface area (Å²) in [6, 6.07) is 4.34. The number of fused-ring (bicyclic) bond motifs is 1. The molecule has 0 bridgehead atoms. The molecule has 1 aliphatic rings. The van der Waals surface area contributed by atoms with Gasteiger partial charge in [0.25, 0.3) is 5.91 Å². The van der Waals surface area contributed by atoms with Crippen molar-refractivity contribution in [1.82, 2.24) is 9.71 Å². The molecule has 9 heteroatoms. The molecule has 1 aliphatic heterocycles. The molecule has 2 N–H and O–H groups in total. The van der Waals surface area contributed by atoms with E-state index >= 15 is 0 Å². The van der Waals surface area contributed by atoms with Gasteiger partial charge in [-0.15, -0.1) is 11.3 Å². The average molecular weight is 353 g/mol. The van der Waals surface area contributed by atoms with E-state index in [1.807, 2.05) is 12.3 Å². The van der Waals surface area contributed by atoms with Gasteiger partial charge in [0.05, 0.1) is 27.8 Å². The van der Waals surface area contributed by atoms with Crippen molar-refractivity contribution in [2.45, 2.75) is 31.4 Å². The lowest BCUT2D eigenvalue weighted by atomic mass is 10.2. The minimum absolute atomic E-state index is 0.0755. The van der Waals surface area contributed by atoms with Crippen molar-refractivity contribution in [2.24, 2.45) is 0 Å². The number of thiazole rings is 1. The van der Waals surface area contributed by atoms with E-state index in [1.165, 1.54) is 29.5 Å². The van der Waals surface area contributed by atoms with Gasteiger partial charge in [0.1, 0.15) is 5.75 Å². The molecule has 1 atom stereocenters. The summed E-state index contributed by atoms with van der Waals surface area (Å²) in [7, 11) is -3.69. The van der Waals surface area contributed by atoms with Crippen LogP contribution in [0, 0.1) is 6.92 Å². The van der Waals surface area contributed by atoms with Crippen molar-refractivity contribution in [3.8, 4) is 5.75 Å². The molecule has 0 saturated heterocycles. The zero-order chi connectivity index (χ0) is 16.6. The van der Waals surface area contributed by atoms with E-state index in [9.17, 15) is 13.2 Å². The number of benzene rings is 1. The number of rotatable bonds is 4.